The molecule has 1 aromatic rings. The highest BCUT2D eigenvalue weighted by molar-refractivity contribution is 7.99. The van der Waals surface area contributed by atoms with Crippen LogP contribution >= 0.6 is 11.8 Å². The highest BCUT2D eigenvalue weighted by atomic mass is 32.2. The molecule has 0 aromatic carbocycles. The lowest BCUT2D eigenvalue weighted by molar-refractivity contribution is -0.133. The highest BCUT2D eigenvalue weighted by Crippen LogP contribution is 2.19. The third kappa shape index (κ3) is 4.95. The summed E-state index contributed by atoms with van der Waals surface area (Å²) in [6.45, 7) is 5.13. The number of carboxylic acid groups (broad SMARTS) is 1. The first-order valence-corrected chi connectivity index (χ1v) is 7.02. The summed E-state index contributed by atoms with van der Waals surface area (Å²) in [6.07, 6.45) is 3.30. The van der Waals surface area contributed by atoms with Crippen molar-refractivity contribution in [3.63, 3.8) is 0 Å². The van der Waals surface area contributed by atoms with Gasteiger partial charge in [0.25, 0.3) is 0 Å². The molecule has 0 unspecified atom stereocenters. The van der Waals surface area contributed by atoms with Crippen molar-refractivity contribution in [2.45, 2.75) is 44.8 Å². The fourth-order valence-electron chi connectivity index (χ4n) is 1.57. The Labute approximate surface area is 111 Å². The van der Waals surface area contributed by atoms with Crippen LogP contribution in [-0.4, -0.2) is 31.6 Å². The molecule has 0 aliphatic carbocycles. The summed E-state index contributed by atoms with van der Waals surface area (Å²) in [7, 11) is 0. The van der Waals surface area contributed by atoms with Crippen molar-refractivity contribution in [3.8, 4) is 0 Å². The number of thioether (sulfide) groups is 1. The maximum Gasteiger partial charge on any atom is 0.313 e. The van der Waals surface area contributed by atoms with E-state index in [1.54, 1.807) is 4.57 Å². The number of anilines is 1. The number of nitrogens with zero attached hydrogens (tertiary/aromatic N) is 3. The number of rotatable bonds is 8. The third-order valence-corrected chi connectivity index (χ3v) is 3.43. The van der Waals surface area contributed by atoms with Crippen LogP contribution in [0.5, 0.6) is 0 Å². The maximum atomic E-state index is 10.5. The molecule has 0 amide bonds. The SMILES string of the molecule is CC(C)CCCCn1c(N)nnc1SCC(=O)O. The summed E-state index contributed by atoms with van der Waals surface area (Å²) in [5.74, 6) is 0.161. The summed E-state index contributed by atoms with van der Waals surface area (Å²) in [4.78, 5) is 10.5. The molecule has 102 valence electrons. The van der Waals surface area contributed by atoms with Crippen LogP contribution in [0.25, 0.3) is 0 Å². The number of hydrogen-bond donors (Lipinski definition) is 2. The first-order chi connectivity index (χ1) is 8.50. The second-order valence-electron chi connectivity index (χ2n) is 4.56. The van der Waals surface area contributed by atoms with Gasteiger partial charge in [-0.15, -0.1) is 10.2 Å². The topological polar surface area (TPSA) is 94.0 Å². The Kier molecular flexibility index (Phi) is 5.97. The Balaban J connectivity index is 2.47. The third-order valence-electron chi connectivity index (χ3n) is 2.48. The largest absolute Gasteiger partial charge is 0.481 e. The molecule has 0 spiro atoms. The standard InChI is InChI=1S/C11H20N4O2S/c1-8(2)5-3-4-6-15-10(12)13-14-11(15)18-7-9(16)17/h8H,3-7H2,1-2H3,(H2,12,13)(H,16,17). The van der Waals surface area contributed by atoms with Gasteiger partial charge in [0.1, 0.15) is 0 Å². The fourth-order valence-corrected chi connectivity index (χ4v) is 2.26. The predicted octanol–water partition coefficient (Wildman–Crippen LogP) is 1.86. The van der Waals surface area contributed by atoms with E-state index in [0.717, 1.165) is 31.1 Å². The molecule has 0 atom stereocenters. The normalized spacial score (nSPS) is 11.1. The minimum Gasteiger partial charge on any atom is -0.481 e. The first-order valence-electron chi connectivity index (χ1n) is 6.04. The van der Waals surface area contributed by atoms with Crippen molar-refractivity contribution >= 4 is 23.7 Å². The van der Waals surface area contributed by atoms with Crippen molar-refractivity contribution in [2.24, 2.45) is 5.92 Å². The number of carboxylic acids is 1. The highest BCUT2D eigenvalue weighted by Gasteiger charge is 2.11. The van der Waals surface area contributed by atoms with Gasteiger partial charge in [0.2, 0.25) is 5.95 Å². The second-order valence-corrected chi connectivity index (χ2v) is 5.51. The zero-order valence-corrected chi connectivity index (χ0v) is 11.6. The smallest absolute Gasteiger partial charge is 0.313 e. The molecule has 0 fully saturated rings. The molecular weight excluding hydrogens is 252 g/mol. The lowest BCUT2D eigenvalue weighted by Gasteiger charge is -2.08. The summed E-state index contributed by atoms with van der Waals surface area (Å²) in [5.41, 5.74) is 5.72. The minimum absolute atomic E-state index is 0.0237. The van der Waals surface area contributed by atoms with E-state index in [9.17, 15) is 4.79 Å². The van der Waals surface area contributed by atoms with Crippen LogP contribution in [0.1, 0.15) is 33.1 Å². The monoisotopic (exact) mass is 272 g/mol. The molecule has 0 radical (unpaired) electrons. The van der Waals surface area contributed by atoms with E-state index in [1.165, 1.54) is 6.42 Å². The molecule has 3 N–H and O–H groups in total. The van der Waals surface area contributed by atoms with E-state index >= 15 is 0 Å². The summed E-state index contributed by atoms with van der Waals surface area (Å²) in [6, 6.07) is 0. The summed E-state index contributed by atoms with van der Waals surface area (Å²) in [5, 5.41) is 16.9. The predicted molar refractivity (Wildman–Crippen MR) is 71.5 cm³/mol. The number of carbonyl (C=O) groups is 1. The van der Waals surface area contributed by atoms with Gasteiger partial charge < -0.3 is 10.8 Å². The van der Waals surface area contributed by atoms with Gasteiger partial charge in [-0.05, 0) is 12.3 Å². The van der Waals surface area contributed by atoms with Gasteiger partial charge in [-0.2, -0.15) is 0 Å². The van der Waals surface area contributed by atoms with Crippen molar-refractivity contribution in [1.82, 2.24) is 14.8 Å². The van der Waals surface area contributed by atoms with Crippen LogP contribution in [0.3, 0.4) is 0 Å². The van der Waals surface area contributed by atoms with Crippen LogP contribution in [0, 0.1) is 5.92 Å². The zero-order valence-electron chi connectivity index (χ0n) is 10.8. The van der Waals surface area contributed by atoms with E-state index in [1.807, 2.05) is 0 Å². The van der Waals surface area contributed by atoms with Crippen LogP contribution in [0.2, 0.25) is 0 Å². The fraction of sp³-hybridized carbons (Fsp3) is 0.727. The molecule has 0 saturated heterocycles. The van der Waals surface area contributed by atoms with Crippen molar-refractivity contribution in [1.29, 1.82) is 0 Å². The molecule has 0 aliphatic heterocycles. The molecule has 0 bridgehead atoms. The average molecular weight is 272 g/mol. The van der Waals surface area contributed by atoms with Gasteiger partial charge in [0.05, 0.1) is 5.75 Å². The molecular formula is C11H20N4O2S. The molecule has 1 aromatic heterocycles. The van der Waals surface area contributed by atoms with Crippen LogP contribution in [-0.2, 0) is 11.3 Å². The Morgan fingerprint density at radius 1 is 1.44 bits per heavy atom. The van der Waals surface area contributed by atoms with Gasteiger partial charge in [-0.3, -0.25) is 9.36 Å². The number of aromatic nitrogens is 3. The molecule has 6 nitrogen and oxygen atoms in total. The maximum absolute atomic E-state index is 10.5. The lowest BCUT2D eigenvalue weighted by atomic mass is 10.1. The summed E-state index contributed by atoms with van der Waals surface area (Å²) >= 11 is 1.15. The van der Waals surface area contributed by atoms with Crippen LogP contribution in [0.15, 0.2) is 5.16 Å². The molecule has 18 heavy (non-hydrogen) atoms. The Hall–Kier alpha value is -1.24. The van der Waals surface area contributed by atoms with Gasteiger partial charge >= 0.3 is 5.97 Å². The number of nitrogen functional groups attached to an aromatic ring is 1. The average Bonchev–Trinajstić information content (AvgIpc) is 2.63. The van der Waals surface area contributed by atoms with Gasteiger partial charge in [0, 0.05) is 6.54 Å². The number of aliphatic carboxylic acids is 1. The molecule has 1 rings (SSSR count). The van der Waals surface area contributed by atoms with Crippen LogP contribution in [0.4, 0.5) is 5.95 Å². The van der Waals surface area contributed by atoms with Gasteiger partial charge in [-0.1, -0.05) is 38.5 Å². The van der Waals surface area contributed by atoms with Gasteiger partial charge in [-0.25, -0.2) is 0 Å². The second kappa shape index (κ2) is 7.25. The van der Waals surface area contributed by atoms with Crippen molar-refractivity contribution in [2.75, 3.05) is 11.5 Å². The quantitative estimate of drug-likeness (QED) is 0.554. The lowest BCUT2D eigenvalue weighted by Crippen LogP contribution is -2.07. The minimum atomic E-state index is -0.868. The van der Waals surface area contributed by atoms with E-state index < -0.39 is 5.97 Å². The molecule has 7 heteroatoms. The van der Waals surface area contributed by atoms with Crippen LogP contribution < -0.4 is 5.73 Å². The summed E-state index contributed by atoms with van der Waals surface area (Å²) < 4.78 is 1.79. The number of hydrogen-bond acceptors (Lipinski definition) is 5. The van der Waals surface area contributed by atoms with E-state index in [4.69, 9.17) is 10.8 Å². The number of nitrogens with two attached hydrogens (primary N) is 1. The zero-order chi connectivity index (χ0) is 13.5. The van der Waals surface area contributed by atoms with E-state index in [-0.39, 0.29) is 5.75 Å². The molecule has 0 saturated carbocycles. The Bertz CT molecular complexity index is 392. The van der Waals surface area contributed by atoms with Gasteiger partial charge in [0.15, 0.2) is 5.16 Å². The van der Waals surface area contributed by atoms with Crippen molar-refractivity contribution in [3.05, 3.63) is 0 Å². The first kappa shape index (κ1) is 14.8. The van der Waals surface area contributed by atoms with Crippen molar-refractivity contribution < 1.29 is 9.90 Å². The Morgan fingerprint density at radius 2 is 2.17 bits per heavy atom. The Morgan fingerprint density at radius 3 is 2.78 bits per heavy atom. The number of unbranched alkanes of at least 4 members (excludes halogenated alkanes) is 1. The molecule has 1 heterocycles. The molecule has 0 aliphatic rings. The van der Waals surface area contributed by atoms with E-state index in [0.29, 0.717) is 17.0 Å². The van der Waals surface area contributed by atoms with E-state index in [2.05, 4.69) is 24.0 Å².